The zero-order valence-electron chi connectivity index (χ0n) is 17.1. The van der Waals surface area contributed by atoms with Crippen LogP contribution in [-0.4, -0.2) is 35.4 Å². The van der Waals surface area contributed by atoms with Crippen LogP contribution >= 0.6 is 11.3 Å². The van der Waals surface area contributed by atoms with Crippen molar-refractivity contribution in [1.29, 1.82) is 0 Å². The Morgan fingerprint density at radius 2 is 1.96 bits per heavy atom. The summed E-state index contributed by atoms with van der Waals surface area (Å²) in [4.78, 5) is 11.4. The van der Waals surface area contributed by atoms with Crippen molar-refractivity contribution in [2.75, 3.05) is 13.6 Å². The molecule has 2 rings (SSSR count). The molecule has 26 heavy (non-hydrogen) atoms. The first-order valence-electron chi connectivity index (χ1n) is 9.09. The summed E-state index contributed by atoms with van der Waals surface area (Å²) in [7, 11) is 2.03. The standard InChI is InChI=1S/C21H31N3OS/c1-8-24(7)14-22-19-10-15(2)17(9-16(19)3)11-20-23-18(13-26-20)12-25-21(4,5)6/h9-10,13-14H,8,11-12H2,1-7H3/b22-14-. The molecule has 0 amide bonds. The van der Waals surface area contributed by atoms with Gasteiger partial charge in [0.15, 0.2) is 0 Å². The molecule has 0 unspecified atom stereocenters. The molecule has 0 aliphatic rings. The van der Waals surface area contributed by atoms with Crippen molar-refractivity contribution < 1.29 is 4.74 Å². The predicted octanol–water partition coefficient (Wildman–Crippen LogP) is 5.28. The number of aliphatic imine (C=N–C) groups is 1. The number of hydrogen-bond donors (Lipinski definition) is 0. The monoisotopic (exact) mass is 373 g/mol. The maximum Gasteiger partial charge on any atom is 0.0973 e. The zero-order chi connectivity index (χ0) is 19.3. The Hall–Kier alpha value is -1.72. The van der Waals surface area contributed by atoms with Crippen LogP contribution in [0.1, 0.15) is 55.1 Å². The second-order valence-corrected chi connectivity index (χ2v) is 8.64. The molecule has 4 nitrogen and oxygen atoms in total. The van der Waals surface area contributed by atoms with Crippen molar-refractivity contribution in [1.82, 2.24) is 9.88 Å². The molecule has 0 atom stereocenters. The molecule has 0 saturated carbocycles. The lowest BCUT2D eigenvalue weighted by atomic mass is 10.0. The third-order valence-corrected chi connectivity index (χ3v) is 5.04. The van der Waals surface area contributed by atoms with Gasteiger partial charge in [0.1, 0.15) is 0 Å². The fourth-order valence-corrected chi connectivity index (χ4v) is 3.18. The van der Waals surface area contributed by atoms with Gasteiger partial charge in [0, 0.05) is 25.4 Å². The van der Waals surface area contributed by atoms with E-state index in [4.69, 9.17) is 9.72 Å². The van der Waals surface area contributed by atoms with E-state index in [0.29, 0.717) is 6.61 Å². The van der Waals surface area contributed by atoms with Gasteiger partial charge in [-0.15, -0.1) is 11.3 Å². The summed E-state index contributed by atoms with van der Waals surface area (Å²) in [5.74, 6) is 0. The summed E-state index contributed by atoms with van der Waals surface area (Å²) >= 11 is 1.70. The molecule has 0 aliphatic carbocycles. The highest BCUT2D eigenvalue weighted by atomic mass is 32.1. The van der Waals surface area contributed by atoms with Crippen LogP contribution in [0.4, 0.5) is 5.69 Å². The minimum Gasteiger partial charge on any atom is -0.370 e. The largest absolute Gasteiger partial charge is 0.370 e. The Bertz CT molecular complexity index is 759. The van der Waals surface area contributed by atoms with Crippen LogP contribution in [0.3, 0.4) is 0 Å². The lowest BCUT2D eigenvalue weighted by molar-refractivity contribution is -0.0163. The maximum absolute atomic E-state index is 5.82. The van der Waals surface area contributed by atoms with Crippen molar-refractivity contribution in [3.63, 3.8) is 0 Å². The van der Waals surface area contributed by atoms with E-state index in [-0.39, 0.29) is 5.60 Å². The highest BCUT2D eigenvalue weighted by Crippen LogP contribution is 2.26. The second kappa shape index (κ2) is 8.78. The highest BCUT2D eigenvalue weighted by molar-refractivity contribution is 7.09. The Balaban J connectivity index is 2.09. The average Bonchev–Trinajstić information content (AvgIpc) is 3.01. The molecule has 0 saturated heterocycles. The molecule has 0 radical (unpaired) electrons. The van der Waals surface area contributed by atoms with Crippen molar-refractivity contribution in [3.05, 3.63) is 44.9 Å². The summed E-state index contributed by atoms with van der Waals surface area (Å²) in [6, 6.07) is 4.41. The minimum absolute atomic E-state index is 0.139. The predicted molar refractivity (Wildman–Crippen MR) is 112 cm³/mol. The van der Waals surface area contributed by atoms with E-state index >= 15 is 0 Å². The Labute approximate surface area is 161 Å². The van der Waals surface area contributed by atoms with E-state index in [0.717, 1.165) is 29.4 Å². The molecule has 0 aliphatic heterocycles. The number of aromatic nitrogens is 1. The van der Waals surface area contributed by atoms with Crippen LogP contribution in [0, 0.1) is 13.8 Å². The zero-order valence-corrected chi connectivity index (χ0v) is 17.9. The first kappa shape index (κ1) is 20.6. The molecule has 0 fully saturated rings. The van der Waals surface area contributed by atoms with Gasteiger partial charge in [-0.2, -0.15) is 0 Å². The molecule has 1 aromatic carbocycles. The number of aryl methyl sites for hydroxylation is 2. The molecular weight excluding hydrogens is 342 g/mol. The minimum atomic E-state index is -0.139. The Morgan fingerprint density at radius 3 is 2.62 bits per heavy atom. The molecule has 142 valence electrons. The van der Waals surface area contributed by atoms with E-state index in [1.807, 2.05) is 13.4 Å². The average molecular weight is 374 g/mol. The van der Waals surface area contributed by atoms with Gasteiger partial charge in [0.2, 0.25) is 0 Å². The van der Waals surface area contributed by atoms with E-state index in [1.54, 1.807) is 11.3 Å². The number of ether oxygens (including phenoxy) is 1. The van der Waals surface area contributed by atoms with Gasteiger partial charge in [-0.3, -0.25) is 0 Å². The summed E-state index contributed by atoms with van der Waals surface area (Å²) in [6.45, 7) is 14.1. The van der Waals surface area contributed by atoms with E-state index in [1.165, 1.54) is 16.7 Å². The van der Waals surface area contributed by atoms with E-state index < -0.39 is 0 Å². The fraction of sp³-hybridized carbons (Fsp3) is 0.524. The molecule has 0 N–H and O–H groups in total. The van der Waals surface area contributed by atoms with Gasteiger partial charge >= 0.3 is 0 Å². The van der Waals surface area contributed by atoms with Crippen molar-refractivity contribution in [3.8, 4) is 0 Å². The lowest BCUT2D eigenvalue weighted by Gasteiger charge is -2.18. The van der Waals surface area contributed by atoms with Gasteiger partial charge in [0.25, 0.3) is 0 Å². The number of nitrogens with zero attached hydrogens (tertiary/aromatic N) is 3. The van der Waals surface area contributed by atoms with Crippen molar-refractivity contribution in [2.24, 2.45) is 4.99 Å². The van der Waals surface area contributed by atoms with Gasteiger partial charge in [-0.05, 0) is 64.3 Å². The summed E-state index contributed by atoms with van der Waals surface area (Å²) in [5.41, 5.74) is 5.66. The van der Waals surface area contributed by atoms with Gasteiger partial charge in [-0.25, -0.2) is 9.98 Å². The van der Waals surface area contributed by atoms with Crippen LogP contribution in [0.2, 0.25) is 0 Å². The first-order valence-corrected chi connectivity index (χ1v) is 9.97. The maximum atomic E-state index is 5.82. The van der Waals surface area contributed by atoms with Crippen LogP contribution in [-0.2, 0) is 17.8 Å². The fourth-order valence-electron chi connectivity index (χ4n) is 2.38. The van der Waals surface area contributed by atoms with Gasteiger partial charge in [0.05, 0.1) is 34.9 Å². The van der Waals surface area contributed by atoms with Gasteiger partial charge in [-0.1, -0.05) is 6.07 Å². The number of benzene rings is 1. The van der Waals surface area contributed by atoms with Crippen molar-refractivity contribution in [2.45, 2.75) is 60.2 Å². The second-order valence-electron chi connectivity index (χ2n) is 7.69. The van der Waals surface area contributed by atoms with E-state index in [2.05, 4.69) is 68.9 Å². The van der Waals surface area contributed by atoms with Crippen LogP contribution in [0.25, 0.3) is 0 Å². The van der Waals surface area contributed by atoms with Crippen LogP contribution in [0.15, 0.2) is 22.5 Å². The number of rotatable bonds is 7. The Kier molecular flexibility index (Phi) is 6.95. The van der Waals surface area contributed by atoms with Crippen LogP contribution < -0.4 is 0 Å². The molecule has 0 spiro atoms. The summed E-state index contributed by atoms with van der Waals surface area (Å²) in [6.07, 6.45) is 2.75. The third kappa shape index (κ3) is 6.22. The van der Waals surface area contributed by atoms with Gasteiger partial charge < -0.3 is 9.64 Å². The quantitative estimate of drug-likeness (QED) is 0.490. The molecule has 2 aromatic rings. The van der Waals surface area contributed by atoms with E-state index in [9.17, 15) is 0 Å². The summed E-state index contributed by atoms with van der Waals surface area (Å²) in [5, 5.41) is 3.23. The third-order valence-electron chi connectivity index (χ3n) is 4.14. The molecular formula is C21H31N3OS. The first-order chi connectivity index (χ1) is 12.2. The lowest BCUT2D eigenvalue weighted by Crippen LogP contribution is -2.18. The Morgan fingerprint density at radius 1 is 1.23 bits per heavy atom. The highest BCUT2D eigenvalue weighted by Gasteiger charge is 2.12. The topological polar surface area (TPSA) is 37.7 Å². The molecule has 5 heteroatoms. The smallest absolute Gasteiger partial charge is 0.0973 e. The molecule has 1 aromatic heterocycles. The molecule has 0 bridgehead atoms. The molecule has 1 heterocycles. The van der Waals surface area contributed by atoms with Crippen molar-refractivity contribution >= 4 is 23.4 Å². The number of hydrogen-bond acceptors (Lipinski definition) is 4. The SMILES string of the molecule is CCN(C)/C=N\c1cc(C)c(Cc2nc(COC(C)(C)C)cs2)cc1C. The normalized spacial score (nSPS) is 12.1. The number of thiazole rings is 1. The summed E-state index contributed by atoms with van der Waals surface area (Å²) < 4.78 is 5.82. The van der Waals surface area contributed by atoms with Crippen LogP contribution in [0.5, 0.6) is 0 Å².